The molecule has 0 spiro atoms. The van der Waals surface area contributed by atoms with Crippen LogP contribution in [0.1, 0.15) is 5.56 Å². The summed E-state index contributed by atoms with van der Waals surface area (Å²) in [5.74, 6) is 0. The van der Waals surface area contributed by atoms with E-state index in [4.69, 9.17) is 11.6 Å². The maximum Gasteiger partial charge on any atom is 0.0514 e. The number of hydrogen-bond acceptors (Lipinski definition) is 2. The molecule has 0 aliphatic rings. The van der Waals surface area contributed by atoms with Crippen LogP contribution in [0.25, 0.3) is 0 Å². The molecular weight excluding hydrogens is 184 g/mol. The lowest BCUT2D eigenvalue weighted by Crippen LogP contribution is -2.10. The van der Waals surface area contributed by atoms with E-state index in [1.807, 2.05) is 37.5 Å². The molecule has 1 rings (SSSR count). The predicted octanol–water partition coefficient (Wildman–Crippen LogP) is 1.98. The van der Waals surface area contributed by atoms with Gasteiger partial charge < -0.3 is 5.32 Å². The average molecular weight is 197 g/mol. The van der Waals surface area contributed by atoms with Crippen LogP contribution in [-0.4, -0.2) is 26.4 Å². The molecule has 0 unspecified atom stereocenters. The fourth-order valence-corrected chi connectivity index (χ4v) is 1.02. The molecule has 0 aromatic heterocycles. The normalized spacial score (nSPS) is 10.9. The Labute approximate surface area is 83.6 Å². The molecule has 0 aliphatic heterocycles. The second-order valence-corrected chi connectivity index (χ2v) is 3.13. The number of nitrogens with one attached hydrogen (secondary N) is 1. The van der Waals surface area contributed by atoms with Crippen LogP contribution in [0.15, 0.2) is 29.3 Å². The number of aliphatic imine (C=N–C) groups is 1. The highest BCUT2D eigenvalue weighted by Gasteiger charge is 1.87. The molecule has 0 bridgehead atoms. The van der Waals surface area contributed by atoms with Crippen molar-refractivity contribution >= 4 is 17.8 Å². The van der Waals surface area contributed by atoms with Gasteiger partial charge in [0.1, 0.15) is 0 Å². The Hall–Kier alpha value is -0.860. The van der Waals surface area contributed by atoms with Crippen LogP contribution >= 0.6 is 11.6 Å². The monoisotopic (exact) mass is 196 g/mol. The Morgan fingerprint density at radius 2 is 2.08 bits per heavy atom. The first-order valence-electron chi connectivity index (χ1n) is 4.23. The number of halogens is 1. The largest absolute Gasteiger partial charge is 0.318 e. The molecule has 3 heteroatoms. The first-order valence-corrected chi connectivity index (χ1v) is 4.60. The Kier molecular flexibility index (Phi) is 4.50. The van der Waals surface area contributed by atoms with Gasteiger partial charge in [0, 0.05) is 17.8 Å². The van der Waals surface area contributed by atoms with Gasteiger partial charge in [0.05, 0.1) is 6.54 Å². The summed E-state index contributed by atoms with van der Waals surface area (Å²) in [6.07, 6.45) is 1.85. The minimum Gasteiger partial charge on any atom is -0.318 e. The zero-order chi connectivity index (χ0) is 9.52. The third kappa shape index (κ3) is 4.06. The Bertz CT molecular complexity index is 267. The van der Waals surface area contributed by atoms with Gasteiger partial charge in [-0.05, 0) is 24.7 Å². The standard InChI is InChI=1S/C10H13ClN2/c1-12-6-7-13-8-9-2-4-10(11)5-3-9/h2-5,8,12H,6-7H2,1H3. The van der Waals surface area contributed by atoms with Gasteiger partial charge in [0.2, 0.25) is 0 Å². The van der Waals surface area contributed by atoms with E-state index < -0.39 is 0 Å². The van der Waals surface area contributed by atoms with Gasteiger partial charge in [-0.2, -0.15) is 0 Å². The van der Waals surface area contributed by atoms with Crippen LogP contribution < -0.4 is 5.32 Å². The first-order chi connectivity index (χ1) is 6.33. The van der Waals surface area contributed by atoms with Gasteiger partial charge in [0.15, 0.2) is 0 Å². The maximum absolute atomic E-state index is 5.74. The second kappa shape index (κ2) is 5.73. The molecule has 0 saturated carbocycles. The number of rotatable bonds is 4. The molecule has 1 aromatic carbocycles. The van der Waals surface area contributed by atoms with Crippen LogP contribution in [0.3, 0.4) is 0 Å². The highest BCUT2D eigenvalue weighted by molar-refractivity contribution is 6.30. The highest BCUT2D eigenvalue weighted by atomic mass is 35.5. The van der Waals surface area contributed by atoms with Crippen LogP contribution in [-0.2, 0) is 0 Å². The second-order valence-electron chi connectivity index (χ2n) is 2.69. The molecule has 0 fully saturated rings. The van der Waals surface area contributed by atoms with Crippen molar-refractivity contribution in [3.05, 3.63) is 34.9 Å². The average Bonchev–Trinajstić information content (AvgIpc) is 2.15. The zero-order valence-corrected chi connectivity index (χ0v) is 8.38. The van der Waals surface area contributed by atoms with Crippen molar-refractivity contribution in [2.24, 2.45) is 4.99 Å². The smallest absolute Gasteiger partial charge is 0.0514 e. The highest BCUT2D eigenvalue weighted by Crippen LogP contribution is 2.07. The molecule has 0 heterocycles. The lowest BCUT2D eigenvalue weighted by atomic mass is 10.2. The summed E-state index contributed by atoms with van der Waals surface area (Å²) in [6, 6.07) is 7.62. The van der Waals surface area contributed by atoms with E-state index in [0.29, 0.717) is 0 Å². The summed E-state index contributed by atoms with van der Waals surface area (Å²) in [5, 5.41) is 3.79. The van der Waals surface area contributed by atoms with Gasteiger partial charge in [-0.3, -0.25) is 4.99 Å². The lowest BCUT2D eigenvalue weighted by molar-refractivity contribution is 0.804. The zero-order valence-electron chi connectivity index (χ0n) is 7.63. The van der Waals surface area contributed by atoms with E-state index in [-0.39, 0.29) is 0 Å². The fourth-order valence-electron chi connectivity index (χ4n) is 0.895. The van der Waals surface area contributed by atoms with Gasteiger partial charge in [-0.25, -0.2) is 0 Å². The lowest BCUT2D eigenvalue weighted by Gasteiger charge is -1.94. The van der Waals surface area contributed by atoms with Crippen molar-refractivity contribution < 1.29 is 0 Å². The number of likely N-dealkylation sites (N-methyl/N-ethyl adjacent to an activating group) is 1. The molecule has 1 aromatic rings. The van der Waals surface area contributed by atoms with E-state index in [1.54, 1.807) is 0 Å². The summed E-state index contributed by atoms with van der Waals surface area (Å²) >= 11 is 5.74. The number of benzene rings is 1. The summed E-state index contributed by atoms with van der Waals surface area (Å²) in [4.78, 5) is 4.23. The van der Waals surface area contributed by atoms with Crippen molar-refractivity contribution in [3.8, 4) is 0 Å². The van der Waals surface area contributed by atoms with Crippen molar-refractivity contribution in [1.29, 1.82) is 0 Å². The van der Waals surface area contributed by atoms with E-state index in [1.165, 1.54) is 0 Å². The molecule has 0 aliphatic carbocycles. The topological polar surface area (TPSA) is 24.4 Å². The Morgan fingerprint density at radius 1 is 1.38 bits per heavy atom. The van der Waals surface area contributed by atoms with E-state index in [0.717, 1.165) is 23.7 Å². The minimum atomic E-state index is 0.757. The molecule has 2 nitrogen and oxygen atoms in total. The summed E-state index contributed by atoms with van der Waals surface area (Å²) in [5.41, 5.74) is 1.08. The van der Waals surface area contributed by atoms with E-state index >= 15 is 0 Å². The van der Waals surface area contributed by atoms with Crippen molar-refractivity contribution in [2.75, 3.05) is 20.1 Å². The Morgan fingerprint density at radius 3 is 2.69 bits per heavy atom. The molecule has 70 valence electrons. The van der Waals surface area contributed by atoms with Crippen molar-refractivity contribution in [1.82, 2.24) is 5.32 Å². The summed E-state index contributed by atoms with van der Waals surface area (Å²) in [7, 11) is 1.91. The predicted molar refractivity (Wildman–Crippen MR) is 57.8 cm³/mol. The van der Waals surface area contributed by atoms with E-state index in [2.05, 4.69) is 10.3 Å². The molecule has 1 N–H and O–H groups in total. The third-order valence-corrected chi connectivity index (χ3v) is 1.85. The maximum atomic E-state index is 5.74. The van der Waals surface area contributed by atoms with E-state index in [9.17, 15) is 0 Å². The summed E-state index contributed by atoms with van der Waals surface area (Å²) < 4.78 is 0. The van der Waals surface area contributed by atoms with Crippen LogP contribution in [0.5, 0.6) is 0 Å². The van der Waals surface area contributed by atoms with Crippen LogP contribution in [0.4, 0.5) is 0 Å². The fraction of sp³-hybridized carbons (Fsp3) is 0.300. The molecule has 0 atom stereocenters. The quantitative estimate of drug-likeness (QED) is 0.578. The van der Waals surface area contributed by atoms with Crippen LogP contribution in [0.2, 0.25) is 5.02 Å². The molecule has 0 amide bonds. The number of nitrogens with zero attached hydrogens (tertiary/aromatic N) is 1. The van der Waals surface area contributed by atoms with Gasteiger partial charge in [0.25, 0.3) is 0 Å². The third-order valence-electron chi connectivity index (χ3n) is 1.60. The molecule has 13 heavy (non-hydrogen) atoms. The van der Waals surface area contributed by atoms with Gasteiger partial charge >= 0.3 is 0 Å². The SMILES string of the molecule is CNCCN=Cc1ccc(Cl)cc1. The first kappa shape index (κ1) is 10.2. The van der Waals surface area contributed by atoms with Gasteiger partial charge in [-0.1, -0.05) is 23.7 Å². The Balaban J connectivity index is 2.44. The molecule has 0 radical (unpaired) electrons. The minimum absolute atomic E-state index is 0.757. The van der Waals surface area contributed by atoms with Crippen LogP contribution in [0, 0.1) is 0 Å². The number of hydrogen-bond donors (Lipinski definition) is 1. The van der Waals surface area contributed by atoms with Gasteiger partial charge in [-0.15, -0.1) is 0 Å². The molecular formula is C10H13ClN2. The summed E-state index contributed by atoms with van der Waals surface area (Å²) in [6.45, 7) is 1.71. The van der Waals surface area contributed by atoms with Crippen molar-refractivity contribution in [2.45, 2.75) is 0 Å². The molecule has 0 saturated heterocycles. The van der Waals surface area contributed by atoms with Crippen molar-refractivity contribution in [3.63, 3.8) is 0 Å².